The molecule has 0 spiro atoms. The second kappa shape index (κ2) is 5.59. The first-order valence-electron chi connectivity index (χ1n) is 6.11. The van der Waals surface area contributed by atoms with Gasteiger partial charge in [-0.05, 0) is 48.5 Å². The monoisotopic (exact) mass is 258 g/mol. The summed E-state index contributed by atoms with van der Waals surface area (Å²) in [4.78, 5) is 25.0. The zero-order valence-corrected chi connectivity index (χ0v) is 12.7. The standard InChI is InChI=1S/C13H26N2O3/c1-9(10(16)14-12(2,3)4)15(8)11(17)18-13(5,6)7/h9H,1-8H3,(H,14,16)/t9-/m1/s1. The number of nitrogens with zero attached hydrogens (tertiary/aromatic N) is 1. The molecule has 18 heavy (non-hydrogen) atoms. The van der Waals surface area contributed by atoms with Crippen LogP contribution in [0.25, 0.3) is 0 Å². The highest BCUT2D eigenvalue weighted by Crippen LogP contribution is 2.11. The van der Waals surface area contributed by atoms with E-state index in [2.05, 4.69) is 5.32 Å². The van der Waals surface area contributed by atoms with Gasteiger partial charge in [-0.2, -0.15) is 0 Å². The molecule has 0 aromatic heterocycles. The molecule has 0 unspecified atom stereocenters. The largest absolute Gasteiger partial charge is 0.444 e. The number of rotatable bonds is 2. The molecule has 0 aliphatic rings. The average Bonchev–Trinajstić information content (AvgIpc) is 2.09. The Morgan fingerprint density at radius 2 is 1.56 bits per heavy atom. The quantitative estimate of drug-likeness (QED) is 0.825. The van der Waals surface area contributed by atoms with Crippen LogP contribution in [0.4, 0.5) is 4.79 Å². The molecule has 0 radical (unpaired) electrons. The van der Waals surface area contributed by atoms with Crippen LogP contribution >= 0.6 is 0 Å². The van der Waals surface area contributed by atoms with E-state index >= 15 is 0 Å². The van der Waals surface area contributed by atoms with Crippen molar-refractivity contribution in [3.8, 4) is 0 Å². The van der Waals surface area contributed by atoms with Crippen molar-refractivity contribution in [1.29, 1.82) is 0 Å². The molecule has 0 saturated heterocycles. The third-order valence-electron chi connectivity index (χ3n) is 2.14. The number of hydrogen-bond acceptors (Lipinski definition) is 3. The highest BCUT2D eigenvalue weighted by Gasteiger charge is 2.28. The Morgan fingerprint density at radius 1 is 1.11 bits per heavy atom. The Morgan fingerprint density at radius 3 is 1.89 bits per heavy atom. The maximum Gasteiger partial charge on any atom is 0.410 e. The van der Waals surface area contributed by atoms with Crippen LogP contribution < -0.4 is 5.32 Å². The molecular formula is C13H26N2O3. The van der Waals surface area contributed by atoms with Crippen molar-refractivity contribution in [1.82, 2.24) is 10.2 Å². The molecule has 0 aromatic rings. The van der Waals surface area contributed by atoms with Gasteiger partial charge in [0.2, 0.25) is 5.91 Å². The summed E-state index contributed by atoms with van der Waals surface area (Å²) in [6.07, 6.45) is -0.501. The molecule has 5 nitrogen and oxygen atoms in total. The van der Waals surface area contributed by atoms with Gasteiger partial charge in [0.05, 0.1) is 0 Å². The summed E-state index contributed by atoms with van der Waals surface area (Å²) in [7, 11) is 1.56. The Labute approximate surface area is 110 Å². The van der Waals surface area contributed by atoms with E-state index in [0.717, 1.165) is 0 Å². The maximum atomic E-state index is 11.9. The van der Waals surface area contributed by atoms with Gasteiger partial charge in [-0.15, -0.1) is 0 Å². The van der Waals surface area contributed by atoms with E-state index < -0.39 is 17.7 Å². The van der Waals surface area contributed by atoms with Gasteiger partial charge in [0.25, 0.3) is 0 Å². The van der Waals surface area contributed by atoms with Crippen LogP contribution in [-0.2, 0) is 9.53 Å². The van der Waals surface area contributed by atoms with Crippen molar-refractivity contribution in [3.05, 3.63) is 0 Å². The van der Waals surface area contributed by atoms with E-state index in [4.69, 9.17) is 4.74 Å². The number of hydrogen-bond donors (Lipinski definition) is 1. The van der Waals surface area contributed by atoms with Crippen LogP contribution in [0, 0.1) is 0 Å². The van der Waals surface area contributed by atoms with E-state index in [9.17, 15) is 9.59 Å². The summed E-state index contributed by atoms with van der Waals surface area (Å²) in [6, 6.07) is -0.570. The Balaban J connectivity index is 4.55. The molecule has 0 rings (SSSR count). The predicted octanol–water partition coefficient (Wildman–Crippen LogP) is 2.16. The van der Waals surface area contributed by atoms with Crippen molar-refractivity contribution in [2.75, 3.05) is 7.05 Å². The van der Waals surface area contributed by atoms with Crippen molar-refractivity contribution >= 4 is 12.0 Å². The van der Waals surface area contributed by atoms with Gasteiger partial charge in [-0.25, -0.2) is 4.79 Å². The van der Waals surface area contributed by atoms with Gasteiger partial charge in [-0.1, -0.05) is 0 Å². The smallest absolute Gasteiger partial charge is 0.410 e. The first-order chi connectivity index (χ1) is 7.83. The lowest BCUT2D eigenvalue weighted by Gasteiger charge is -2.30. The maximum absolute atomic E-state index is 11.9. The first kappa shape index (κ1) is 16.7. The van der Waals surface area contributed by atoms with Gasteiger partial charge in [-0.3, -0.25) is 9.69 Å². The minimum Gasteiger partial charge on any atom is -0.444 e. The number of nitrogens with one attached hydrogen (secondary N) is 1. The lowest BCUT2D eigenvalue weighted by atomic mass is 10.1. The van der Waals surface area contributed by atoms with E-state index in [1.165, 1.54) is 4.90 Å². The van der Waals surface area contributed by atoms with E-state index in [-0.39, 0.29) is 11.4 Å². The van der Waals surface area contributed by atoms with Crippen LogP contribution in [-0.4, -0.2) is 41.1 Å². The third kappa shape index (κ3) is 6.47. The molecule has 0 heterocycles. The zero-order valence-electron chi connectivity index (χ0n) is 12.7. The number of carbonyl (C=O) groups is 2. The Bertz CT molecular complexity index is 281. The van der Waals surface area contributed by atoms with Gasteiger partial charge < -0.3 is 10.1 Å². The van der Waals surface area contributed by atoms with Crippen LogP contribution in [0.1, 0.15) is 48.5 Å². The minimum absolute atomic E-state index is 0.198. The highest BCUT2D eigenvalue weighted by molar-refractivity contribution is 5.85. The first-order valence-corrected chi connectivity index (χ1v) is 6.11. The van der Waals surface area contributed by atoms with Gasteiger partial charge in [0.15, 0.2) is 0 Å². The van der Waals surface area contributed by atoms with Gasteiger partial charge in [0.1, 0.15) is 11.6 Å². The average molecular weight is 258 g/mol. The van der Waals surface area contributed by atoms with Crippen molar-refractivity contribution in [2.45, 2.75) is 65.6 Å². The second-order valence-corrected chi connectivity index (χ2v) is 6.51. The van der Waals surface area contributed by atoms with Crippen LogP contribution in [0.3, 0.4) is 0 Å². The van der Waals surface area contributed by atoms with E-state index in [1.54, 1.807) is 34.7 Å². The molecule has 1 atom stereocenters. The van der Waals surface area contributed by atoms with Crippen molar-refractivity contribution in [3.63, 3.8) is 0 Å². The molecule has 0 fully saturated rings. The summed E-state index contributed by atoms with van der Waals surface area (Å²) in [5, 5.41) is 2.83. The fraction of sp³-hybridized carbons (Fsp3) is 0.846. The zero-order chi connectivity index (χ0) is 14.7. The molecule has 1 N–H and O–H groups in total. The molecule has 0 aliphatic carbocycles. The minimum atomic E-state index is -0.570. The summed E-state index contributed by atoms with van der Waals surface area (Å²) < 4.78 is 5.21. The second-order valence-electron chi connectivity index (χ2n) is 6.51. The molecule has 0 bridgehead atoms. The molecular weight excluding hydrogens is 232 g/mol. The molecule has 0 saturated carbocycles. The summed E-state index contributed by atoms with van der Waals surface area (Å²) in [5.74, 6) is -0.198. The van der Waals surface area contributed by atoms with E-state index in [1.807, 2.05) is 20.8 Å². The number of ether oxygens (including phenoxy) is 1. The lowest BCUT2D eigenvalue weighted by Crippen LogP contribution is -2.52. The summed E-state index contributed by atoms with van der Waals surface area (Å²) in [6.45, 7) is 12.7. The van der Waals surface area contributed by atoms with E-state index in [0.29, 0.717) is 0 Å². The SMILES string of the molecule is C[C@H](C(=O)NC(C)(C)C)N(C)C(=O)OC(C)(C)C. The summed E-state index contributed by atoms with van der Waals surface area (Å²) >= 11 is 0. The molecule has 106 valence electrons. The van der Waals surface area contributed by atoms with Crippen LogP contribution in [0.2, 0.25) is 0 Å². The van der Waals surface area contributed by atoms with Crippen molar-refractivity contribution < 1.29 is 14.3 Å². The topological polar surface area (TPSA) is 58.6 Å². The third-order valence-corrected chi connectivity index (χ3v) is 2.14. The van der Waals surface area contributed by atoms with Gasteiger partial charge in [0, 0.05) is 12.6 Å². The molecule has 0 aliphatic heterocycles. The number of carbonyl (C=O) groups excluding carboxylic acids is 2. The predicted molar refractivity (Wildman–Crippen MR) is 71.4 cm³/mol. The fourth-order valence-corrected chi connectivity index (χ4v) is 1.14. The number of amides is 2. The Hall–Kier alpha value is -1.26. The summed E-state index contributed by atoms with van der Waals surface area (Å²) in [5.41, 5.74) is -0.883. The molecule has 5 heteroatoms. The van der Waals surface area contributed by atoms with Crippen molar-refractivity contribution in [2.24, 2.45) is 0 Å². The number of likely N-dealkylation sites (N-methyl/N-ethyl adjacent to an activating group) is 1. The fourth-order valence-electron chi connectivity index (χ4n) is 1.14. The molecule has 0 aromatic carbocycles. The molecule has 2 amide bonds. The van der Waals surface area contributed by atoms with Gasteiger partial charge >= 0.3 is 6.09 Å². The lowest BCUT2D eigenvalue weighted by molar-refractivity contribution is -0.126. The van der Waals surface area contributed by atoms with Crippen LogP contribution in [0.15, 0.2) is 0 Å². The normalized spacial score (nSPS) is 13.8. The van der Waals surface area contributed by atoms with Crippen LogP contribution in [0.5, 0.6) is 0 Å². The Kier molecular flexibility index (Phi) is 5.20. The highest BCUT2D eigenvalue weighted by atomic mass is 16.6.